The maximum absolute atomic E-state index is 13.5. The van der Waals surface area contributed by atoms with Crippen LogP contribution >= 0.6 is 11.8 Å². The van der Waals surface area contributed by atoms with Gasteiger partial charge >= 0.3 is 0 Å². The van der Waals surface area contributed by atoms with Gasteiger partial charge in [-0.2, -0.15) is 0 Å². The third kappa shape index (κ3) is 6.12. The second kappa shape index (κ2) is 11.8. The molecule has 0 aliphatic carbocycles. The van der Waals surface area contributed by atoms with Crippen LogP contribution in [-0.4, -0.2) is 23.1 Å². The Kier molecular flexibility index (Phi) is 7.85. The summed E-state index contributed by atoms with van der Waals surface area (Å²) in [5.41, 5.74) is 3.45. The van der Waals surface area contributed by atoms with Crippen LogP contribution in [0.2, 0.25) is 0 Å². The third-order valence-corrected chi connectivity index (χ3v) is 6.85. The van der Waals surface area contributed by atoms with Crippen LogP contribution in [0.4, 0.5) is 10.1 Å². The number of methoxy groups -OCH3 is 1. The molecule has 1 aliphatic heterocycles. The maximum atomic E-state index is 13.5. The first-order valence-corrected chi connectivity index (χ1v) is 12.8. The Morgan fingerprint density at radius 2 is 1.58 bits per heavy atom. The van der Waals surface area contributed by atoms with E-state index in [4.69, 9.17) is 14.5 Å². The highest BCUT2D eigenvalue weighted by atomic mass is 32.2. The Morgan fingerprint density at radius 1 is 0.868 bits per heavy atom. The number of amidine groups is 1. The quantitative estimate of drug-likeness (QED) is 0.228. The fourth-order valence-electron chi connectivity index (χ4n) is 3.90. The summed E-state index contributed by atoms with van der Waals surface area (Å²) < 4.78 is 24.6. The van der Waals surface area contributed by atoms with Crippen molar-refractivity contribution >= 4 is 34.6 Å². The molecule has 1 heterocycles. The van der Waals surface area contributed by atoms with Crippen molar-refractivity contribution < 1.29 is 18.7 Å². The van der Waals surface area contributed by atoms with E-state index in [0.29, 0.717) is 28.1 Å². The van der Waals surface area contributed by atoms with Crippen molar-refractivity contribution in [3.8, 4) is 11.5 Å². The van der Waals surface area contributed by atoms with Crippen LogP contribution in [0.5, 0.6) is 11.5 Å². The van der Waals surface area contributed by atoms with Gasteiger partial charge in [-0.3, -0.25) is 9.69 Å². The lowest BCUT2D eigenvalue weighted by Gasteiger charge is -2.15. The standard InChI is InChI=1S/C31H25FN2O3S/c1-36-28-18-24(14-17-27(28)37-21-23-12-15-25(32)16-13-23)19-29-30(35)34(20-22-8-4-2-5-9-22)31(38-29)33-26-10-6-3-7-11-26/h2-19H,20-21H2,1H3. The summed E-state index contributed by atoms with van der Waals surface area (Å²) in [4.78, 5) is 20.5. The zero-order valence-corrected chi connectivity index (χ0v) is 21.5. The van der Waals surface area contributed by atoms with Crippen molar-refractivity contribution in [2.75, 3.05) is 7.11 Å². The normalized spacial score (nSPS) is 15.3. The first-order valence-electron chi connectivity index (χ1n) is 12.0. The number of ether oxygens (including phenoxy) is 2. The molecule has 0 aromatic heterocycles. The number of carbonyl (C=O) groups is 1. The molecule has 190 valence electrons. The number of nitrogens with zero attached hydrogens (tertiary/aromatic N) is 2. The number of benzene rings is 4. The Labute approximate surface area is 225 Å². The van der Waals surface area contributed by atoms with E-state index < -0.39 is 0 Å². The zero-order valence-electron chi connectivity index (χ0n) is 20.7. The van der Waals surface area contributed by atoms with Gasteiger partial charge in [-0.05, 0) is 70.9 Å². The average molecular weight is 525 g/mol. The number of thioether (sulfide) groups is 1. The highest BCUT2D eigenvalue weighted by molar-refractivity contribution is 8.18. The minimum Gasteiger partial charge on any atom is -0.493 e. The molecule has 0 N–H and O–H groups in total. The number of para-hydroxylation sites is 1. The first kappa shape index (κ1) is 25.3. The molecule has 1 fully saturated rings. The van der Waals surface area contributed by atoms with Crippen molar-refractivity contribution in [3.63, 3.8) is 0 Å². The van der Waals surface area contributed by atoms with E-state index >= 15 is 0 Å². The summed E-state index contributed by atoms with van der Waals surface area (Å²) in [5.74, 6) is 0.698. The van der Waals surface area contributed by atoms with E-state index in [1.54, 1.807) is 30.2 Å². The molecule has 0 spiro atoms. The molecular formula is C31H25FN2O3S. The Hall–Kier alpha value is -4.36. The molecule has 5 rings (SSSR count). The summed E-state index contributed by atoms with van der Waals surface area (Å²) in [6.07, 6.45) is 1.84. The van der Waals surface area contributed by atoms with Crippen molar-refractivity contribution in [1.82, 2.24) is 4.90 Å². The molecule has 4 aromatic rings. The summed E-state index contributed by atoms with van der Waals surface area (Å²) >= 11 is 1.35. The number of halogens is 1. The Balaban J connectivity index is 1.39. The topological polar surface area (TPSA) is 51.1 Å². The van der Waals surface area contributed by atoms with Crippen LogP contribution in [0.3, 0.4) is 0 Å². The number of aliphatic imine (C=N–C) groups is 1. The summed E-state index contributed by atoms with van der Waals surface area (Å²) in [6, 6.07) is 31.1. The minimum absolute atomic E-state index is 0.107. The molecule has 1 aliphatic rings. The Bertz CT molecular complexity index is 1470. The molecule has 5 nitrogen and oxygen atoms in total. The molecule has 4 aromatic carbocycles. The SMILES string of the molecule is COc1cc(C=C2SC(=Nc3ccccc3)N(Cc3ccccc3)C2=O)ccc1OCc1ccc(F)cc1. The molecule has 7 heteroatoms. The average Bonchev–Trinajstić information content (AvgIpc) is 3.23. The predicted octanol–water partition coefficient (Wildman–Crippen LogP) is 7.22. The lowest BCUT2D eigenvalue weighted by molar-refractivity contribution is -0.122. The zero-order chi connectivity index (χ0) is 26.3. The molecule has 1 amide bonds. The predicted molar refractivity (Wildman–Crippen MR) is 150 cm³/mol. The van der Waals surface area contributed by atoms with Crippen molar-refractivity contribution in [2.45, 2.75) is 13.2 Å². The summed E-state index contributed by atoms with van der Waals surface area (Å²) in [7, 11) is 1.57. The van der Waals surface area contributed by atoms with E-state index in [1.807, 2.05) is 78.9 Å². The molecule has 0 unspecified atom stereocenters. The highest BCUT2D eigenvalue weighted by Gasteiger charge is 2.33. The second-order valence-corrected chi connectivity index (χ2v) is 9.55. The van der Waals surface area contributed by atoms with Crippen LogP contribution in [0.25, 0.3) is 6.08 Å². The molecule has 38 heavy (non-hydrogen) atoms. The van der Waals surface area contributed by atoms with Crippen LogP contribution in [-0.2, 0) is 17.9 Å². The summed E-state index contributed by atoms with van der Waals surface area (Å²) in [6.45, 7) is 0.703. The van der Waals surface area contributed by atoms with E-state index in [-0.39, 0.29) is 18.3 Å². The molecule has 0 atom stereocenters. The number of hydrogen-bond donors (Lipinski definition) is 0. The first-order chi connectivity index (χ1) is 18.6. The molecule has 0 radical (unpaired) electrons. The van der Waals surface area contributed by atoms with Gasteiger partial charge in [-0.25, -0.2) is 9.38 Å². The van der Waals surface area contributed by atoms with Crippen LogP contribution < -0.4 is 9.47 Å². The van der Waals surface area contributed by atoms with Gasteiger partial charge in [0.25, 0.3) is 5.91 Å². The fourth-order valence-corrected chi connectivity index (χ4v) is 4.89. The van der Waals surface area contributed by atoms with E-state index in [0.717, 1.165) is 22.4 Å². The van der Waals surface area contributed by atoms with Gasteiger partial charge < -0.3 is 9.47 Å². The lowest BCUT2D eigenvalue weighted by atomic mass is 10.1. The smallest absolute Gasteiger partial charge is 0.267 e. The number of rotatable bonds is 8. The molecule has 1 saturated heterocycles. The number of hydrogen-bond acceptors (Lipinski definition) is 5. The van der Waals surface area contributed by atoms with E-state index in [1.165, 1.54) is 23.9 Å². The van der Waals surface area contributed by atoms with Gasteiger partial charge in [-0.15, -0.1) is 0 Å². The molecule has 0 bridgehead atoms. The van der Waals surface area contributed by atoms with E-state index in [2.05, 4.69) is 0 Å². The van der Waals surface area contributed by atoms with Crippen LogP contribution in [0.15, 0.2) is 113 Å². The second-order valence-electron chi connectivity index (χ2n) is 8.54. The maximum Gasteiger partial charge on any atom is 0.267 e. The number of amides is 1. The van der Waals surface area contributed by atoms with Gasteiger partial charge in [0.1, 0.15) is 12.4 Å². The highest BCUT2D eigenvalue weighted by Crippen LogP contribution is 2.36. The van der Waals surface area contributed by atoms with Gasteiger partial charge in [-0.1, -0.05) is 66.7 Å². The molecular weight excluding hydrogens is 499 g/mol. The van der Waals surface area contributed by atoms with Crippen molar-refractivity contribution in [2.24, 2.45) is 4.99 Å². The fraction of sp³-hybridized carbons (Fsp3) is 0.0968. The third-order valence-electron chi connectivity index (χ3n) is 5.85. The van der Waals surface area contributed by atoms with Gasteiger partial charge in [0.05, 0.1) is 24.2 Å². The van der Waals surface area contributed by atoms with Gasteiger partial charge in [0, 0.05) is 0 Å². The number of carbonyl (C=O) groups excluding carboxylic acids is 1. The van der Waals surface area contributed by atoms with Gasteiger partial charge in [0.15, 0.2) is 16.7 Å². The van der Waals surface area contributed by atoms with Gasteiger partial charge in [0.2, 0.25) is 0 Å². The van der Waals surface area contributed by atoms with Crippen molar-refractivity contribution in [1.29, 1.82) is 0 Å². The van der Waals surface area contributed by atoms with E-state index in [9.17, 15) is 9.18 Å². The van der Waals surface area contributed by atoms with Crippen molar-refractivity contribution in [3.05, 3.63) is 131 Å². The Morgan fingerprint density at radius 3 is 2.29 bits per heavy atom. The molecule has 0 saturated carbocycles. The lowest BCUT2D eigenvalue weighted by Crippen LogP contribution is -2.28. The largest absolute Gasteiger partial charge is 0.493 e. The summed E-state index contributed by atoms with van der Waals surface area (Å²) in [5, 5.41) is 0.627. The monoisotopic (exact) mass is 524 g/mol. The van der Waals surface area contributed by atoms with Crippen LogP contribution in [0.1, 0.15) is 16.7 Å². The van der Waals surface area contributed by atoms with Crippen LogP contribution in [0, 0.1) is 5.82 Å². The minimum atomic E-state index is -0.289.